The Kier molecular flexibility index (Phi) is 6.75. The first-order valence-electron chi connectivity index (χ1n) is 7.13. The van der Waals surface area contributed by atoms with Crippen molar-refractivity contribution in [3.63, 3.8) is 0 Å². The van der Waals surface area contributed by atoms with E-state index in [1.165, 1.54) is 0 Å². The number of hydrogen-bond acceptors (Lipinski definition) is 3. The van der Waals surface area contributed by atoms with E-state index in [2.05, 4.69) is 11.4 Å². The molecule has 0 spiro atoms. The molecule has 0 bridgehead atoms. The molecule has 1 aromatic rings. The van der Waals surface area contributed by atoms with E-state index in [9.17, 15) is 4.79 Å². The van der Waals surface area contributed by atoms with Crippen LogP contribution in [0.4, 0.5) is 0 Å². The van der Waals surface area contributed by atoms with E-state index in [1.807, 2.05) is 43.9 Å². The van der Waals surface area contributed by atoms with E-state index < -0.39 is 0 Å². The lowest BCUT2D eigenvalue weighted by Crippen LogP contribution is -2.33. The molecule has 0 fully saturated rings. The number of nitrogens with zero attached hydrogens (tertiary/aromatic N) is 2. The molecule has 1 amide bonds. The van der Waals surface area contributed by atoms with E-state index in [-0.39, 0.29) is 11.9 Å². The third-order valence-corrected chi connectivity index (χ3v) is 3.42. The third-order valence-electron chi connectivity index (χ3n) is 3.42. The molecule has 4 heteroatoms. The first kappa shape index (κ1) is 16.2. The second-order valence-electron chi connectivity index (χ2n) is 4.73. The van der Waals surface area contributed by atoms with E-state index in [0.717, 1.165) is 18.7 Å². The Labute approximate surface area is 121 Å². The van der Waals surface area contributed by atoms with Crippen molar-refractivity contribution in [3.05, 3.63) is 35.4 Å². The van der Waals surface area contributed by atoms with Crippen molar-refractivity contribution in [2.75, 3.05) is 19.6 Å². The second kappa shape index (κ2) is 8.34. The lowest BCUT2D eigenvalue weighted by Gasteiger charge is -2.20. The maximum absolute atomic E-state index is 11.9. The Morgan fingerprint density at radius 2 is 2.10 bits per heavy atom. The molecular formula is C16H23N3O. The Hall–Kier alpha value is -1.86. The van der Waals surface area contributed by atoms with Crippen LogP contribution in [0.25, 0.3) is 0 Å². The number of nitrogens with one attached hydrogen (secondary N) is 1. The number of benzene rings is 1. The highest BCUT2D eigenvalue weighted by Crippen LogP contribution is 2.13. The number of hydrogen-bond donors (Lipinski definition) is 1. The molecule has 0 radical (unpaired) electrons. The highest BCUT2D eigenvalue weighted by Gasteiger charge is 2.10. The van der Waals surface area contributed by atoms with Crippen molar-refractivity contribution < 1.29 is 4.79 Å². The lowest BCUT2D eigenvalue weighted by molar-refractivity contribution is -0.130. The number of amides is 1. The van der Waals surface area contributed by atoms with Gasteiger partial charge in [0, 0.05) is 32.1 Å². The van der Waals surface area contributed by atoms with Crippen molar-refractivity contribution >= 4 is 5.91 Å². The van der Waals surface area contributed by atoms with Crippen LogP contribution in [0.2, 0.25) is 0 Å². The van der Waals surface area contributed by atoms with Crippen LogP contribution in [-0.2, 0) is 4.79 Å². The summed E-state index contributed by atoms with van der Waals surface area (Å²) in [7, 11) is 0. The second-order valence-corrected chi connectivity index (χ2v) is 4.73. The first-order valence-corrected chi connectivity index (χ1v) is 7.13. The predicted octanol–water partition coefficient (Wildman–Crippen LogP) is 2.47. The van der Waals surface area contributed by atoms with Crippen molar-refractivity contribution in [3.8, 4) is 6.07 Å². The molecule has 1 rings (SSSR count). The predicted molar refractivity (Wildman–Crippen MR) is 80.1 cm³/mol. The molecule has 0 aliphatic carbocycles. The first-order chi connectivity index (χ1) is 9.62. The largest absolute Gasteiger partial charge is 0.343 e. The number of rotatable bonds is 7. The van der Waals surface area contributed by atoms with Crippen LogP contribution in [0.1, 0.15) is 44.4 Å². The summed E-state index contributed by atoms with van der Waals surface area (Å²) in [6, 6.07) is 9.81. The van der Waals surface area contributed by atoms with Gasteiger partial charge in [0.15, 0.2) is 0 Å². The Bertz CT molecular complexity index is 475. The van der Waals surface area contributed by atoms with Gasteiger partial charge in [-0.25, -0.2) is 0 Å². The van der Waals surface area contributed by atoms with E-state index in [4.69, 9.17) is 5.26 Å². The van der Waals surface area contributed by atoms with Crippen molar-refractivity contribution in [2.45, 2.75) is 33.2 Å². The summed E-state index contributed by atoms with van der Waals surface area (Å²) >= 11 is 0. The Morgan fingerprint density at radius 3 is 2.70 bits per heavy atom. The maximum Gasteiger partial charge on any atom is 0.223 e. The summed E-state index contributed by atoms with van der Waals surface area (Å²) in [6.45, 7) is 8.19. The quantitative estimate of drug-likeness (QED) is 0.830. The van der Waals surface area contributed by atoms with Crippen LogP contribution in [0.15, 0.2) is 24.3 Å². The zero-order chi connectivity index (χ0) is 15.0. The highest BCUT2D eigenvalue weighted by molar-refractivity contribution is 5.76. The molecule has 20 heavy (non-hydrogen) atoms. The van der Waals surface area contributed by atoms with Gasteiger partial charge in [0.1, 0.15) is 0 Å². The molecule has 1 aromatic carbocycles. The monoisotopic (exact) mass is 273 g/mol. The minimum atomic E-state index is 0.132. The summed E-state index contributed by atoms with van der Waals surface area (Å²) < 4.78 is 0. The average Bonchev–Trinajstić information content (AvgIpc) is 2.48. The fraction of sp³-hybridized carbons (Fsp3) is 0.500. The molecule has 1 N–H and O–H groups in total. The maximum atomic E-state index is 11.9. The summed E-state index contributed by atoms with van der Waals surface area (Å²) in [6.07, 6.45) is 0.504. The molecule has 0 aliphatic heterocycles. The van der Waals surface area contributed by atoms with Gasteiger partial charge in [-0.2, -0.15) is 5.26 Å². The Morgan fingerprint density at radius 1 is 1.40 bits per heavy atom. The molecule has 0 saturated heterocycles. The van der Waals surface area contributed by atoms with Gasteiger partial charge in [0.2, 0.25) is 5.91 Å². The van der Waals surface area contributed by atoms with E-state index in [0.29, 0.717) is 18.5 Å². The fourth-order valence-corrected chi connectivity index (χ4v) is 2.13. The SMILES string of the molecule is CCN(CC)C(=O)CCNC(C)c1cccc(C#N)c1. The lowest BCUT2D eigenvalue weighted by atomic mass is 10.1. The molecular weight excluding hydrogens is 250 g/mol. The number of nitriles is 1. The Balaban J connectivity index is 2.45. The van der Waals surface area contributed by atoms with Gasteiger partial charge >= 0.3 is 0 Å². The summed E-state index contributed by atoms with van der Waals surface area (Å²) in [5.41, 5.74) is 1.73. The van der Waals surface area contributed by atoms with Crippen LogP contribution in [0.5, 0.6) is 0 Å². The van der Waals surface area contributed by atoms with Gasteiger partial charge in [-0.15, -0.1) is 0 Å². The summed E-state index contributed by atoms with van der Waals surface area (Å²) in [5, 5.41) is 12.2. The van der Waals surface area contributed by atoms with Crippen molar-refractivity contribution in [2.24, 2.45) is 0 Å². The standard InChI is InChI=1S/C16H23N3O/c1-4-19(5-2)16(20)9-10-18-13(3)15-8-6-7-14(11-15)12-17/h6-8,11,13,18H,4-5,9-10H2,1-3H3. The molecule has 0 aliphatic rings. The minimum absolute atomic E-state index is 0.132. The molecule has 108 valence electrons. The van der Waals surface area contributed by atoms with Crippen molar-refractivity contribution in [1.29, 1.82) is 5.26 Å². The minimum Gasteiger partial charge on any atom is -0.343 e. The fourth-order valence-electron chi connectivity index (χ4n) is 2.13. The molecule has 4 nitrogen and oxygen atoms in total. The smallest absolute Gasteiger partial charge is 0.223 e. The van der Waals surface area contributed by atoms with Gasteiger partial charge in [0.25, 0.3) is 0 Å². The van der Waals surface area contributed by atoms with Crippen LogP contribution in [0, 0.1) is 11.3 Å². The molecule has 1 atom stereocenters. The van der Waals surface area contributed by atoms with Crippen molar-refractivity contribution in [1.82, 2.24) is 10.2 Å². The van der Waals surface area contributed by atoms with Crippen LogP contribution in [-0.4, -0.2) is 30.4 Å². The number of carbonyl (C=O) groups excluding carboxylic acids is 1. The zero-order valence-corrected chi connectivity index (χ0v) is 12.5. The van der Waals surface area contributed by atoms with Crippen LogP contribution in [0.3, 0.4) is 0 Å². The van der Waals surface area contributed by atoms with Gasteiger partial charge in [-0.05, 0) is 38.5 Å². The molecule has 0 saturated carbocycles. The highest BCUT2D eigenvalue weighted by atomic mass is 16.2. The van der Waals surface area contributed by atoms with E-state index in [1.54, 1.807) is 6.07 Å². The van der Waals surface area contributed by atoms with Gasteiger partial charge in [-0.1, -0.05) is 12.1 Å². The van der Waals surface area contributed by atoms with Crippen LogP contribution >= 0.6 is 0 Å². The molecule has 0 heterocycles. The normalized spacial score (nSPS) is 11.7. The zero-order valence-electron chi connectivity index (χ0n) is 12.5. The molecule has 0 aromatic heterocycles. The summed E-state index contributed by atoms with van der Waals surface area (Å²) in [4.78, 5) is 13.7. The van der Waals surface area contributed by atoms with Gasteiger partial charge in [-0.3, -0.25) is 4.79 Å². The summed E-state index contributed by atoms with van der Waals surface area (Å²) in [5.74, 6) is 0.181. The topological polar surface area (TPSA) is 56.1 Å². The average molecular weight is 273 g/mol. The van der Waals surface area contributed by atoms with E-state index >= 15 is 0 Å². The van der Waals surface area contributed by atoms with Crippen LogP contribution < -0.4 is 5.32 Å². The van der Waals surface area contributed by atoms with Gasteiger partial charge in [0.05, 0.1) is 11.6 Å². The number of carbonyl (C=O) groups is 1. The van der Waals surface area contributed by atoms with Gasteiger partial charge < -0.3 is 10.2 Å². The molecule has 1 unspecified atom stereocenters. The third kappa shape index (κ3) is 4.67.